The number of benzene rings is 2. The normalized spacial score (nSPS) is 17.1. The van der Waals surface area contributed by atoms with Crippen LogP contribution in [0.4, 0.5) is 4.79 Å². The first kappa shape index (κ1) is 22.9. The number of nitrogens with zero attached hydrogens (tertiary/aromatic N) is 4. The van der Waals surface area contributed by atoms with Crippen LogP contribution in [-0.4, -0.2) is 51.1 Å². The molecule has 0 bridgehead atoms. The van der Waals surface area contributed by atoms with Crippen LogP contribution in [-0.2, 0) is 16.1 Å². The quantitative estimate of drug-likeness (QED) is 0.497. The first-order valence-corrected chi connectivity index (χ1v) is 12.4. The number of nitriles is 1. The summed E-state index contributed by atoms with van der Waals surface area (Å²) >= 11 is 0.873. The fourth-order valence-corrected chi connectivity index (χ4v) is 5.57. The van der Waals surface area contributed by atoms with Gasteiger partial charge in [-0.05, 0) is 55.3 Å². The van der Waals surface area contributed by atoms with Crippen molar-refractivity contribution in [1.29, 1.82) is 5.26 Å². The Morgan fingerprint density at radius 3 is 2.57 bits per heavy atom. The van der Waals surface area contributed by atoms with Crippen molar-refractivity contribution in [2.75, 3.05) is 19.6 Å². The molecule has 3 heterocycles. The Balaban J connectivity index is 1.48. The van der Waals surface area contributed by atoms with Crippen LogP contribution in [0.15, 0.2) is 53.4 Å². The molecular weight excluding hydrogens is 460 g/mol. The Morgan fingerprint density at radius 2 is 1.80 bits per heavy atom. The molecule has 2 aromatic carbocycles. The Kier molecular flexibility index (Phi) is 6.18. The number of aromatic nitrogens is 1. The highest BCUT2D eigenvalue weighted by atomic mass is 32.2. The summed E-state index contributed by atoms with van der Waals surface area (Å²) in [6, 6.07) is 17.6. The van der Waals surface area contributed by atoms with Gasteiger partial charge in [0.25, 0.3) is 11.1 Å². The van der Waals surface area contributed by atoms with Gasteiger partial charge in [0, 0.05) is 41.8 Å². The molecule has 0 atom stereocenters. The Morgan fingerprint density at radius 1 is 1.09 bits per heavy atom. The number of para-hydroxylation sites is 1. The van der Waals surface area contributed by atoms with Gasteiger partial charge in [-0.3, -0.25) is 19.3 Å². The smallest absolute Gasteiger partial charge is 0.294 e. The Bertz CT molecular complexity index is 1430. The minimum Gasteiger partial charge on any atom is -0.341 e. The van der Waals surface area contributed by atoms with Crippen molar-refractivity contribution < 1.29 is 14.4 Å². The third-order valence-electron chi connectivity index (χ3n) is 6.65. The molecule has 176 valence electrons. The number of hydrogen-bond acceptors (Lipinski definition) is 5. The zero-order valence-electron chi connectivity index (χ0n) is 19.4. The summed E-state index contributed by atoms with van der Waals surface area (Å²) in [5.74, 6) is -0.617. The van der Waals surface area contributed by atoms with Crippen LogP contribution in [0.5, 0.6) is 0 Å². The van der Waals surface area contributed by atoms with E-state index in [0.717, 1.165) is 57.2 Å². The summed E-state index contributed by atoms with van der Waals surface area (Å²) in [4.78, 5) is 41.3. The minimum absolute atomic E-state index is 0.185. The number of likely N-dealkylation sites (tertiary alicyclic amines) is 1. The molecule has 8 heteroatoms. The lowest BCUT2D eigenvalue weighted by molar-refractivity contribution is -0.135. The second-order valence-corrected chi connectivity index (χ2v) is 9.72. The van der Waals surface area contributed by atoms with Crippen LogP contribution in [0.2, 0.25) is 0 Å². The number of carbonyl (C=O) groups excluding carboxylic acids is 3. The minimum atomic E-state index is -0.432. The number of amides is 3. The SMILES string of the molecule is Cc1c(/C=C2\SC(=O)N(CC(=O)N3CCCC3)C2=O)c2ccccc2n1Cc1ccccc1C#N. The summed E-state index contributed by atoms with van der Waals surface area (Å²) in [5.41, 5.74) is 4.29. The first-order chi connectivity index (χ1) is 17.0. The molecule has 2 aliphatic heterocycles. The zero-order chi connectivity index (χ0) is 24.5. The van der Waals surface area contributed by atoms with Crippen molar-refractivity contribution in [3.63, 3.8) is 0 Å². The van der Waals surface area contributed by atoms with Gasteiger partial charge in [0.1, 0.15) is 6.54 Å². The van der Waals surface area contributed by atoms with Crippen LogP contribution < -0.4 is 0 Å². The highest BCUT2D eigenvalue weighted by Gasteiger charge is 2.37. The fourth-order valence-electron chi connectivity index (χ4n) is 4.75. The van der Waals surface area contributed by atoms with E-state index >= 15 is 0 Å². The van der Waals surface area contributed by atoms with E-state index in [-0.39, 0.29) is 12.5 Å². The van der Waals surface area contributed by atoms with E-state index in [9.17, 15) is 19.6 Å². The van der Waals surface area contributed by atoms with E-state index in [0.29, 0.717) is 30.1 Å². The van der Waals surface area contributed by atoms with Crippen molar-refractivity contribution in [2.45, 2.75) is 26.3 Å². The lowest BCUT2D eigenvalue weighted by atomic mass is 10.1. The van der Waals surface area contributed by atoms with E-state index in [4.69, 9.17) is 0 Å². The topological polar surface area (TPSA) is 86.4 Å². The van der Waals surface area contributed by atoms with E-state index in [1.54, 1.807) is 17.0 Å². The maximum absolute atomic E-state index is 13.1. The molecule has 0 unspecified atom stereocenters. The third-order valence-corrected chi connectivity index (χ3v) is 7.55. The summed E-state index contributed by atoms with van der Waals surface area (Å²) in [6.45, 7) is 3.63. The van der Waals surface area contributed by atoms with Gasteiger partial charge in [0.2, 0.25) is 5.91 Å². The van der Waals surface area contributed by atoms with E-state index in [2.05, 4.69) is 10.6 Å². The van der Waals surface area contributed by atoms with Crippen molar-refractivity contribution in [2.24, 2.45) is 0 Å². The molecule has 0 N–H and O–H groups in total. The van der Waals surface area contributed by atoms with Crippen LogP contribution >= 0.6 is 11.8 Å². The van der Waals surface area contributed by atoms with Gasteiger partial charge in [-0.2, -0.15) is 5.26 Å². The predicted molar refractivity (Wildman–Crippen MR) is 135 cm³/mol. The van der Waals surface area contributed by atoms with Gasteiger partial charge in [0.15, 0.2) is 0 Å². The molecule has 3 amide bonds. The highest BCUT2D eigenvalue weighted by Crippen LogP contribution is 2.36. The van der Waals surface area contributed by atoms with Crippen LogP contribution in [0.3, 0.4) is 0 Å². The maximum atomic E-state index is 13.1. The van der Waals surface area contributed by atoms with Crippen molar-refractivity contribution in [3.8, 4) is 6.07 Å². The zero-order valence-corrected chi connectivity index (χ0v) is 20.2. The van der Waals surface area contributed by atoms with Gasteiger partial charge in [-0.1, -0.05) is 36.4 Å². The molecule has 0 aliphatic carbocycles. The molecule has 2 fully saturated rings. The largest absolute Gasteiger partial charge is 0.341 e. The first-order valence-electron chi connectivity index (χ1n) is 11.6. The molecule has 35 heavy (non-hydrogen) atoms. The number of carbonyl (C=O) groups is 3. The van der Waals surface area contributed by atoms with Crippen molar-refractivity contribution in [3.05, 3.63) is 75.8 Å². The molecule has 2 saturated heterocycles. The number of imide groups is 1. The second kappa shape index (κ2) is 9.43. The summed E-state index contributed by atoms with van der Waals surface area (Å²) < 4.78 is 2.12. The monoisotopic (exact) mass is 484 g/mol. The predicted octanol–water partition coefficient (Wildman–Crippen LogP) is 4.53. The standard InChI is InChI=1S/C27H24N4O3S/c1-18-22(14-24-26(33)31(27(34)35-24)17-25(32)29-12-6-7-13-29)21-10-4-5-11-23(21)30(18)16-20-9-3-2-8-19(20)15-28/h2-5,8-11,14H,6-7,12-13,16-17H2,1H3/b24-14-. The van der Waals surface area contributed by atoms with E-state index in [1.807, 2.05) is 49.4 Å². The average molecular weight is 485 g/mol. The number of rotatable bonds is 5. The summed E-state index contributed by atoms with van der Waals surface area (Å²) in [5, 5.41) is 10.1. The molecule has 3 aromatic rings. The van der Waals surface area contributed by atoms with Crippen molar-refractivity contribution in [1.82, 2.24) is 14.4 Å². The fraction of sp³-hybridized carbons (Fsp3) is 0.259. The molecule has 1 aromatic heterocycles. The number of fused-ring (bicyclic) bond motifs is 1. The van der Waals surface area contributed by atoms with Crippen LogP contribution in [0.25, 0.3) is 17.0 Å². The van der Waals surface area contributed by atoms with Gasteiger partial charge < -0.3 is 9.47 Å². The van der Waals surface area contributed by atoms with E-state index < -0.39 is 11.1 Å². The maximum Gasteiger partial charge on any atom is 0.294 e. The van der Waals surface area contributed by atoms with E-state index in [1.165, 1.54) is 0 Å². The lowest BCUT2D eigenvalue weighted by Gasteiger charge is -2.18. The number of thioether (sulfide) groups is 1. The summed E-state index contributed by atoms with van der Waals surface area (Å²) in [7, 11) is 0. The van der Waals surface area contributed by atoms with Gasteiger partial charge in [-0.25, -0.2) is 0 Å². The lowest BCUT2D eigenvalue weighted by Crippen LogP contribution is -2.40. The molecule has 0 saturated carbocycles. The Hall–Kier alpha value is -3.83. The molecule has 0 spiro atoms. The third kappa shape index (κ3) is 4.24. The van der Waals surface area contributed by atoms with Gasteiger partial charge in [0.05, 0.1) is 16.5 Å². The average Bonchev–Trinajstić information content (AvgIpc) is 3.56. The molecule has 5 rings (SSSR count). The van der Waals surface area contributed by atoms with Gasteiger partial charge in [-0.15, -0.1) is 0 Å². The summed E-state index contributed by atoms with van der Waals surface area (Å²) in [6.07, 6.45) is 3.67. The molecule has 7 nitrogen and oxygen atoms in total. The Labute approximate surface area is 207 Å². The molecular formula is C27H24N4O3S. The second-order valence-electron chi connectivity index (χ2n) is 8.73. The van der Waals surface area contributed by atoms with Crippen molar-refractivity contribution >= 4 is 45.8 Å². The number of hydrogen-bond donors (Lipinski definition) is 0. The van der Waals surface area contributed by atoms with Crippen LogP contribution in [0, 0.1) is 18.3 Å². The van der Waals surface area contributed by atoms with Gasteiger partial charge >= 0.3 is 0 Å². The van der Waals surface area contributed by atoms with Crippen LogP contribution in [0.1, 0.15) is 35.2 Å². The molecule has 2 aliphatic rings. The highest BCUT2D eigenvalue weighted by molar-refractivity contribution is 8.18. The molecule has 0 radical (unpaired) electrons.